The fraction of sp³-hybridized carbons (Fsp3) is 0.333. The lowest BCUT2D eigenvalue weighted by molar-refractivity contribution is -0.150. The number of carbonyl (C=O) groups is 3. The Bertz CT molecular complexity index is 1480. The maximum Gasteiger partial charge on any atom is 0.352 e. The Balaban J connectivity index is 1.51. The van der Waals surface area contributed by atoms with E-state index < -0.39 is 51.1 Å². The number of nitrogens with one attached hydrogen (secondary N) is 2. The highest BCUT2D eigenvalue weighted by Gasteiger charge is 2.54. The summed E-state index contributed by atoms with van der Waals surface area (Å²) < 4.78 is 13.0. The molecule has 16 nitrogen and oxygen atoms in total. The van der Waals surface area contributed by atoms with Crippen molar-refractivity contribution in [1.82, 2.24) is 25.0 Å². The van der Waals surface area contributed by atoms with Gasteiger partial charge in [0.05, 0.1) is 0 Å². The number of hydrogen-bond donors (Lipinski definition) is 4. The molecule has 4 heterocycles. The number of aryl methyl sites for hydroxylation is 1. The molecule has 3 atom stereocenters. The van der Waals surface area contributed by atoms with E-state index in [1.165, 1.54) is 30.6 Å². The number of amidine groups is 1. The zero-order chi connectivity index (χ0) is 27.0. The molecule has 1 saturated heterocycles. The molecule has 0 saturated carbocycles. The van der Waals surface area contributed by atoms with E-state index in [1.54, 1.807) is 0 Å². The van der Waals surface area contributed by atoms with Crippen molar-refractivity contribution in [3.63, 3.8) is 0 Å². The van der Waals surface area contributed by atoms with Crippen LogP contribution in [0.1, 0.15) is 0 Å². The molecule has 0 radical (unpaired) electrons. The molecule has 0 bridgehead atoms. The zero-order valence-corrected chi connectivity index (χ0v) is 21.4. The number of nitrogens with two attached hydrogens (primary N) is 1. The number of carbonyl (C=O) groups excluding carboxylic acids is 2. The van der Waals surface area contributed by atoms with Crippen LogP contribution in [-0.2, 0) is 37.1 Å². The summed E-state index contributed by atoms with van der Waals surface area (Å²) in [6.45, 7) is 0. The number of β-lactam (4-membered cyclic amide) rings is 1. The summed E-state index contributed by atoms with van der Waals surface area (Å²) >= 11 is 2.24. The number of rotatable bonds is 8. The topological polar surface area (TPSA) is 232 Å². The van der Waals surface area contributed by atoms with E-state index in [-0.39, 0.29) is 38.9 Å². The third-order valence-corrected chi connectivity index (χ3v) is 8.55. The monoisotopic (exact) mass is 570 g/mol. The van der Waals surface area contributed by atoms with Crippen LogP contribution in [0.4, 0.5) is 0 Å². The number of hydrogen-bond acceptors (Lipinski definition) is 13. The third kappa shape index (κ3) is 4.96. The predicted molar refractivity (Wildman–Crippen MR) is 133 cm³/mol. The number of carboxylic acids is 1. The van der Waals surface area contributed by atoms with Crippen LogP contribution in [0, 0.1) is 0 Å². The van der Waals surface area contributed by atoms with E-state index in [0.29, 0.717) is 5.57 Å². The molecule has 1 fully saturated rings. The number of aromatic nitrogens is 3. The van der Waals surface area contributed by atoms with E-state index in [4.69, 9.17) is 5.73 Å². The van der Waals surface area contributed by atoms with Crippen molar-refractivity contribution < 1.29 is 28.5 Å². The van der Waals surface area contributed by atoms with Crippen LogP contribution in [-0.4, -0.2) is 87.7 Å². The number of nitrogens with zero attached hydrogens (tertiary/aromatic N) is 5. The fourth-order valence-electron chi connectivity index (χ4n) is 3.50. The first-order valence-electron chi connectivity index (χ1n) is 10.1. The highest BCUT2D eigenvalue weighted by molar-refractivity contribution is 8.03. The van der Waals surface area contributed by atoms with E-state index in [1.807, 2.05) is 0 Å². The van der Waals surface area contributed by atoms with Crippen LogP contribution >= 0.6 is 23.5 Å². The highest BCUT2D eigenvalue weighted by Crippen LogP contribution is 2.41. The van der Waals surface area contributed by atoms with Crippen molar-refractivity contribution in [3.8, 4) is 0 Å². The average molecular weight is 571 g/mol. The maximum atomic E-state index is 12.9. The smallest absolute Gasteiger partial charge is 0.352 e. The van der Waals surface area contributed by atoms with Crippen molar-refractivity contribution in [2.24, 2.45) is 22.9 Å². The van der Waals surface area contributed by atoms with E-state index in [2.05, 4.69) is 30.4 Å². The number of fused-ring (bicyclic) bond motifs is 1. The lowest BCUT2D eigenvalue weighted by atomic mass is 10.0. The van der Waals surface area contributed by atoms with Crippen molar-refractivity contribution in [1.29, 1.82) is 0 Å². The van der Waals surface area contributed by atoms with E-state index in [9.17, 15) is 33.3 Å². The molecule has 4 rings (SSSR count). The van der Waals surface area contributed by atoms with Crippen LogP contribution < -0.4 is 22.2 Å². The van der Waals surface area contributed by atoms with Crippen LogP contribution in [0.25, 0.3) is 0 Å². The molecule has 5 N–H and O–H groups in total. The van der Waals surface area contributed by atoms with Gasteiger partial charge in [-0.2, -0.15) is 4.98 Å². The number of amides is 2. The van der Waals surface area contributed by atoms with Crippen molar-refractivity contribution in [2.45, 2.75) is 16.6 Å². The first-order valence-corrected chi connectivity index (χ1v) is 13.4. The zero-order valence-electron chi connectivity index (χ0n) is 19.0. The van der Waals surface area contributed by atoms with Gasteiger partial charge in [0.1, 0.15) is 40.7 Å². The lowest BCUT2D eigenvalue weighted by Crippen LogP contribution is -2.71. The Kier molecular flexibility index (Phi) is 7.37. The molecule has 37 heavy (non-hydrogen) atoms. The molecule has 3 aliphatic heterocycles. The molecular weight excluding hydrogens is 552 g/mol. The lowest BCUT2D eigenvalue weighted by Gasteiger charge is -2.49. The summed E-state index contributed by atoms with van der Waals surface area (Å²) in [7, 11) is 0.927. The quantitative estimate of drug-likeness (QED) is 0.0817. The van der Waals surface area contributed by atoms with Gasteiger partial charge in [-0.15, -0.1) is 11.8 Å². The van der Waals surface area contributed by atoms with E-state index in [0.717, 1.165) is 22.1 Å². The molecule has 2 amide bonds. The van der Waals surface area contributed by atoms with E-state index >= 15 is 0 Å². The standard InChI is InChI=1S/C18H18N8O8S3/c1-25-18(22-12(28)13(29)23-25)36-4-6-3-35-15-9(14(30)26(15)10(6)16(31)32)21-11(27)8(24-34-2)7-5-37(33)17(19)20-7/h5,9,15H,3-4H2,1-2H3,(H2,19,20)(H,21,27)(H,23,29)(H,31,32)/b24-8-/t9-,15-,37?/m1/s1. The number of thioether (sulfide) groups is 2. The molecule has 0 spiro atoms. The molecule has 3 aliphatic rings. The Morgan fingerprint density at radius 3 is 2.78 bits per heavy atom. The second-order valence-electron chi connectivity index (χ2n) is 7.48. The SMILES string of the molecule is CO/N=C(\C(=O)N[C@@H]1C(=O)N2C(C(=O)O)=C(CSc3nc(=O)c(=O)[nH]n3C)CS[C@H]12)C1=CS(=O)C(N)=N1. The summed E-state index contributed by atoms with van der Waals surface area (Å²) in [5.74, 6) is -2.58. The molecule has 1 unspecified atom stereocenters. The second kappa shape index (κ2) is 10.3. The minimum atomic E-state index is -1.73. The molecule has 196 valence electrons. The van der Waals surface area contributed by atoms with Gasteiger partial charge in [-0.25, -0.2) is 14.0 Å². The van der Waals surface area contributed by atoms with Gasteiger partial charge in [0, 0.05) is 24.0 Å². The van der Waals surface area contributed by atoms with Gasteiger partial charge in [0.25, 0.3) is 11.8 Å². The summed E-state index contributed by atoms with van der Waals surface area (Å²) in [4.78, 5) is 74.0. The molecule has 1 aromatic rings. The van der Waals surface area contributed by atoms with Gasteiger partial charge < -0.3 is 21.0 Å². The van der Waals surface area contributed by atoms with Crippen molar-refractivity contribution >= 4 is 63.0 Å². The van der Waals surface area contributed by atoms with Crippen molar-refractivity contribution in [3.05, 3.63) is 43.1 Å². The fourth-order valence-corrected chi connectivity index (χ4v) is 6.58. The van der Waals surface area contributed by atoms with Crippen LogP contribution in [0.5, 0.6) is 0 Å². The highest BCUT2D eigenvalue weighted by atomic mass is 32.2. The minimum Gasteiger partial charge on any atom is -0.477 e. The van der Waals surface area contributed by atoms with Gasteiger partial charge >= 0.3 is 17.1 Å². The summed E-state index contributed by atoms with van der Waals surface area (Å²) in [5, 5.41) is 18.5. The van der Waals surface area contributed by atoms with Gasteiger partial charge in [-0.1, -0.05) is 16.9 Å². The Morgan fingerprint density at radius 1 is 1.43 bits per heavy atom. The van der Waals surface area contributed by atoms with Crippen molar-refractivity contribution in [2.75, 3.05) is 18.6 Å². The number of aliphatic imine (C=N–C) groups is 1. The average Bonchev–Trinajstić information content (AvgIpc) is 3.18. The van der Waals surface area contributed by atoms with Gasteiger partial charge in [0.15, 0.2) is 16.0 Å². The summed E-state index contributed by atoms with van der Waals surface area (Å²) in [6.07, 6.45) is 0. The summed E-state index contributed by atoms with van der Waals surface area (Å²) in [6, 6.07) is -1.07. The molecule has 0 aromatic carbocycles. The molecular formula is C18H18N8O8S3. The van der Waals surface area contributed by atoms with Crippen LogP contribution in [0.2, 0.25) is 0 Å². The van der Waals surface area contributed by atoms with Gasteiger partial charge in [-0.3, -0.25) is 33.9 Å². The Hall–Kier alpha value is -3.71. The number of aliphatic carboxylic acids is 1. The number of carboxylic acid groups (broad SMARTS) is 1. The van der Waals surface area contributed by atoms with Crippen LogP contribution in [0.3, 0.4) is 0 Å². The predicted octanol–water partition coefficient (Wildman–Crippen LogP) is -2.78. The molecule has 19 heteroatoms. The molecule has 0 aliphatic carbocycles. The number of oxime groups is 1. The first kappa shape index (κ1) is 26.4. The maximum absolute atomic E-state index is 12.9. The number of H-pyrrole nitrogens is 1. The normalized spacial score (nSPS) is 23.2. The third-order valence-electron chi connectivity index (χ3n) is 5.16. The second-order valence-corrected chi connectivity index (χ2v) is 10.8. The first-order chi connectivity index (χ1) is 17.5. The Labute approximate surface area is 217 Å². The number of aromatic amines is 1. The van der Waals surface area contributed by atoms with Gasteiger partial charge in [-0.05, 0) is 5.57 Å². The molecule has 1 aromatic heterocycles. The summed E-state index contributed by atoms with van der Waals surface area (Å²) in [5.41, 5.74) is 3.34. The Morgan fingerprint density at radius 2 is 2.16 bits per heavy atom. The minimum absolute atomic E-state index is 0.0733. The largest absolute Gasteiger partial charge is 0.477 e. The van der Waals surface area contributed by atoms with Crippen LogP contribution in [0.15, 0.2) is 47.3 Å². The van der Waals surface area contributed by atoms with Gasteiger partial charge in [0.2, 0.25) is 0 Å².